The maximum atomic E-state index is 5.98. The van der Waals surface area contributed by atoms with Gasteiger partial charge in [0.25, 0.3) is 0 Å². The van der Waals surface area contributed by atoms with E-state index in [-0.39, 0.29) is 0 Å². The van der Waals surface area contributed by atoms with Gasteiger partial charge in [-0.3, -0.25) is 0 Å². The molecule has 138 valence electrons. The van der Waals surface area contributed by atoms with Gasteiger partial charge in [-0.15, -0.1) is 0 Å². The lowest BCUT2D eigenvalue weighted by atomic mass is 9.94. The predicted octanol–water partition coefficient (Wildman–Crippen LogP) is 6.46. The van der Waals surface area contributed by atoms with E-state index in [0.717, 1.165) is 32.1 Å². The molecule has 0 heterocycles. The Kier molecular flexibility index (Phi) is 6.46. The molecule has 0 N–H and O–H groups in total. The third kappa shape index (κ3) is 4.34. The molecular formula is C23H30O2Si. The minimum absolute atomic E-state index is 0.747. The second kappa shape index (κ2) is 8.80. The fourth-order valence-corrected chi connectivity index (χ4v) is 6.41. The average Bonchev–Trinajstić information content (AvgIpc) is 2.65. The average molecular weight is 367 g/mol. The summed E-state index contributed by atoms with van der Waals surface area (Å²) >= 11 is 0. The minimum atomic E-state index is -1.99. The van der Waals surface area contributed by atoms with E-state index >= 15 is 0 Å². The van der Waals surface area contributed by atoms with Gasteiger partial charge in [0.05, 0.1) is 0 Å². The Balaban J connectivity index is 1.77. The summed E-state index contributed by atoms with van der Waals surface area (Å²) in [6, 6.07) is 20.9. The van der Waals surface area contributed by atoms with Crippen molar-refractivity contribution in [2.45, 2.75) is 45.7 Å². The van der Waals surface area contributed by atoms with Crippen LogP contribution in [0.5, 0.6) is 0 Å². The van der Waals surface area contributed by atoms with Crippen molar-refractivity contribution in [2.75, 3.05) is 13.2 Å². The number of aryl methyl sites for hydroxylation is 1. The number of unbranched alkanes of at least 4 members (excludes halogenated alkanes) is 1. The number of rotatable bonds is 9. The zero-order chi connectivity index (χ0) is 18.4. The lowest BCUT2D eigenvalue weighted by Crippen LogP contribution is -2.38. The quantitative estimate of drug-likeness (QED) is 0.246. The van der Waals surface area contributed by atoms with E-state index in [1.54, 1.807) is 0 Å². The van der Waals surface area contributed by atoms with E-state index in [1.807, 2.05) is 0 Å². The summed E-state index contributed by atoms with van der Waals surface area (Å²) in [5, 5.41) is 5.45. The maximum Gasteiger partial charge on any atom is 0.334 e. The highest BCUT2D eigenvalue weighted by molar-refractivity contribution is 6.66. The Hall–Kier alpha value is -1.68. The van der Waals surface area contributed by atoms with Crippen molar-refractivity contribution < 1.29 is 8.85 Å². The first-order valence-electron chi connectivity index (χ1n) is 9.84. The Bertz CT molecular complexity index is 799. The molecule has 3 aromatic rings. The van der Waals surface area contributed by atoms with Crippen LogP contribution < -0.4 is 0 Å². The lowest BCUT2D eigenvalue weighted by Gasteiger charge is -2.26. The highest BCUT2D eigenvalue weighted by atomic mass is 28.4. The molecule has 0 aliphatic heterocycles. The van der Waals surface area contributed by atoms with Gasteiger partial charge in [0.15, 0.2) is 0 Å². The van der Waals surface area contributed by atoms with Crippen LogP contribution in [0, 0.1) is 0 Å². The second-order valence-electron chi connectivity index (χ2n) is 7.00. The summed E-state index contributed by atoms with van der Waals surface area (Å²) in [6.45, 7) is 7.82. The molecule has 26 heavy (non-hydrogen) atoms. The van der Waals surface area contributed by atoms with Crippen LogP contribution in [-0.2, 0) is 15.3 Å². The van der Waals surface area contributed by atoms with E-state index in [2.05, 4.69) is 75.0 Å². The molecule has 0 fully saturated rings. The lowest BCUT2D eigenvalue weighted by molar-refractivity contribution is 0.188. The largest absolute Gasteiger partial charge is 0.395 e. The van der Waals surface area contributed by atoms with Gasteiger partial charge in [0.1, 0.15) is 0 Å². The molecule has 0 aromatic heterocycles. The minimum Gasteiger partial charge on any atom is -0.395 e. The molecule has 3 heteroatoms. The molecule has 0 aliphatic rings. The molecular weight excluding hydrogens is 336 g/mol. The Morgan fingerprint density at radius 1 is 0.769 bits per heavy atom. The van der Waals surface area contributed by atoms with Crippen LogP contribution >= 0.6 is 0 Å². The van der Waals surface area contributed by atoms with Crippen LogP contribution in [0.1, 0.15) is 32.3 Å². The van der Waals surface area contributed by atoms with E-state index in [0.29, 0.717) is 0 Å². The standard InChI is InChI=1S/C23H30O2Si/c1-4-24-26(3,25-5-2)17-11-10-16-23-21-14-8-6-12-19(21)18-20-13-7-9-15-22(20)23/h6-9,12-15,18H,4-5,10-11,16-17H2,1-3H3. The third-order valence-corrected chi connectivity index (χ3v) is 8.15. The third-order valence-electron chi connectivity index (χ3n) is 5.09. The second-order valence-corrected chi connectivity index (χ2v) is 10.3. The number of benzene rings is 3. The van der Waals surface area contributed by atoms with Crippen molar-refractivity contribution in [1.82, 2.24) is 0 Å². The maximum absolute atomic E-state index is 5.98. The van der Waals surface area contributed by atoms with Crippen LogP contribution in [0.4, 0.5) is 0 Å². The number of fused-ring (bicyclic) bond motifs is 2. The van der Waals surface area contributed by atoms with E-state index < -0.39 is 8.56 Å². The number of hydrogen-bond donors (Lipinski definition) is 0. The summed E-state index contributed by atoms with van der Waals surface area (Å²) in [4.78, 5) is 0. The van der Waals surface area contributed by atoms with Gasteiger partial charge in [-0.25, -0.2) is 0 Å². The Labute approximate surface area is 158 Å². The molecule has 3 aromatic carbocycles. The topological polar surface area (TPSA) is 18.5 Å². The van der Waals surface area contributed by atoms with E-state index in [9.17, 15) is 0 Å². The highest BCUT2D eigenvalue weighted by Crippen LogP contribution is 2.30. The molecule has 2 nitrogen and oxygen atoms in total. The smallest absolute Gasteiger partial charge is 0.334 e. The molecule has 0 unspecified atom stereocenters. The molecule has 0 aliphatic carbocycles. The molecule has 0 spiro atoms. The van der Waals surface area contributed by atoms with Crippen LogP contribution in [0.3, 0.4) is 0 Å². The predicted molar refractivity (Wildman–Crippen MR) is 114 cm³/mol. The SMILES string of the molecule is CCO[Si](C)(CCCCc1c2ccccc2cc2ccccc12)OCC. The van der Waals surface area contributed by atoms with Crippen molar-refractivity contribution in [3.63, 3.8) is 0 Å². The molecule has 0 bridgehead atoms. The zero-order valence-corrected chi connectivity index (χ0v) is 17.3. The molecule has 0 saturated heterocycles. The molecule has 0 amide bonds. The monoisotopic (exact) mass is 366 g/mol. The Morgan fingerprint density at radius 3 is 1.85 bits per heavy atom. The summed E-state index contributed by atoms with van der Waals surface area (Å²) in [7, 11) is -1.99. The van der Waals surface area contributed by atoms with Crippen LogP contribution in [0.15, 0.2) is 54.6 Å². The van der Waals surface area contributed by atoms with Gasteiger partial charge in [0.2, 0.25) is 0 Å². The van der Waals surface area contributed by atoms with Crippen LogP contribution in [0.25, 0.3) is 21.5 Å². The van der Waals surface area contributed by atoms with Crippen molar-refractivity contribution in [1.29, 1.82) is 0 Å². The molecule has 0 saturated carbocycles. The number of hydrogen-bond acceptors (Lipinski definition) is 2. The highest BCUT2D eigenvalue weighted by Gasteiger charge is 2.29. The summed E-state index contributed by atoms with van der Waals surface area (Å²) < 4.78 is 12.0. The van der Waals surface area contributed by atoms with Gasteiger partial charge in [-0.2, -0.15) is 0 Å². The van der Waals surface area contributed by atoms with Crippen molar-refractivity contribution >= 4 is 30.1 Å². The molecule has 0 atom stereocenters. The van der Waals surface area contributed by atoms with Crippen molar-refractivity contribution in [2.24, 2.45) is 0 Å². The normalized spacial score (nSPS) is 12.1. The van der Waals surface area contributed by atoms with Crippen molar-refractivity contribution in [3.05, 3.63) is 60.2 Å². The van der Waals surface area contributed by atoms with E-state index in [1.165, 1.54) is 33.5 Å². The summed E-state index contributed by atoms with van der Waals surface area (Å²) in [5.74, 6) is 0. The molecule has 3 rings (SSSR count). The van der Waals surface area contributed by atoms with Gasteiger partial charge < -0.3 is 8.85 Å². The first-order chi connectivity index (χ1) is 12.7. The Morgan fingerprint density at radius 2 is 1.31 bits per heavy atom. The van der Waals surface area contributed by atoms with Crippen LogP contribution in [-0.4, -0.2) is 21.8 Å². The fourth-order valence-electron chi connectivity index (χ4n) is 3.92. The summed E-state index contributed by atoms with van der Waals surface area (Å²) in [5.41, 5.74) is 1.48. The first-order valence-corrected chi connectivity index (χ1v) is 12.4. The zero-order valence-electron chi connectivity index (χ0n) is 16.3. The van der Waals surface area contributed by atoms with Gasteiger partial charge in [0, 0.05) is 13.2 Å². The molecule has 0 radical (unpaired) electrons. The first kappa shape index (κ1) is 19.1. The van der Waals surface area contributed by atoms with E-state index in [4.69, 9.17) is 8.85 Å². The van der Waals surface area contributed by atoms with Gasteiger partial charge in [-0.1, -0.05) is 55.0 Å². The summed E-state index contributed by atoms with van der Waals surface area (Å²) in [6.07, 6.45) is 3.42. The van der Waals surface area contributed by atoms with Crippen molar-refractivity contribution in [3.8, 4) is 0 Å². The van der Waals surface area contributed by atoms with Gasteiger partial charge in [-0.05, 0) is 72.5 Å². The fraction of sp³-hybridized carbons (Fsp3) is 0.391. The van der Waals surface area contributed by atoms with Gasteiger partial charge >= 0.3 is 8.56 Å². The van der Waals surface area contributed by atoms with Crippen LogP contribution in [0.2, 0.25) is 12.6 Å².